The molecule has 1 heterocycles. The number of nitrogens with zero attached hydrogens (tertiary/aromatic N) is 1. The Hall–Kier alpha value is -3.18. The minimum atomic E-state index is -0.497. The average Bonchev–Trinajstić information content (AvgIpc) is 3.11. The monoisotopic (exact) mass is 373 g/mol. The van der Waals surface area contributed by atoms with E-state index >= 15 is 0 Å². The number of carbonyl (C=O) groups is 1. The van der Waals surface area contributed by atoms with Crippen LogP contribution < -0.4 is 15.8 Å². The summed E-state index contributed by atoms with van der Waals surface area (Å²) in [6, 6.07) is 19.9. The van der Waals surface area contributed by atoms with E-state index in [0.29, 0.717) is 17.4 Å². The van der Waals surface area contributed by atoms with E-state index in [2.05, 4.69) is 46.7 Å². The molecule has 0 saturated carbocycles. The Morgan fingerprint density at radius 1 is 1.07 bits per heavy atom. The third-order valence-electron chi connectivity index (χ3n) is 5.04. The molecule has 142 valence electrons. The van der Waals surface area contributed by atoms with Crippen molar-refractivity contribution >= 4 is 5.91 Å². The van der Waals surface area contributed by atoms with E-state index in [1.807, 2.05) is 12.1 Å². The van der Waals surface area contributed by atoms with Crippen LogP contribution in [0, 0.1) is 5.92 Å². The highest BCUT2D eigenvalue weighted by Gasteiger charge is 2.21. The van der Waals surface area contributed by atoms with Crippen LogP contribution in [0.4, 0.5) is 0 Å². The molecular formula is C23H23N3O2. The van der Waals surface area contributed by atoms with Crippen molar-refractivity contribution in [1.82, 2.24) is 10.3 Å². The number of amides is 1. The smallest absolute Gasteiger partial charge is 0.250 e. The molecule has 0 fully saturated rings. The highest BCUT2D eigenvalue weighted by Crippen LogP contribution is 2.31. The highest BCUT2D eigenvalue weighted by atomic mass is 16.5. The van der Waals surface area contributed by atoms with Crippen LogP contribution in [0.25, 0.3) is 0 Å². The van der Waals surface area contributed by atoms with Gasteiger partial charge in [0.05, 0.1) is 5.56 Å². The molecule has 0 spiro atoms. The van der Waals surface area contributed by atoms with Crippen molar-refractivity contribution < 1.29 is 9.53 Å². The molecule has 1 amide bonds. The van der Waals surface area contributed by atoms with Crippen LogP contribution in [0.3, 0.4) is 0 Å². The lowest BCUT2D eigenvalue weighted by Crippen LogP contribution is -2.22. The first-order valence-electron chi connectivity index (χ1n) is 9.47. The van der Waals surface area contributed by atoms with Gasteiger partial charge in [0.2, 0.25) is 11.8 Å². The van der Waals surface area contributed by atoms with Crippen molar-refractivity contribution in [1.29, 1.82) is 0 Å². The van der Waals surface area contributed by atoms with Gasteiger partial charge in [-0.2, -0.15) is 0 Å². The molecule has 2 aromatic carbocycles. The van der Waals surface area contributed by atoms with Crippen LogP contribution in [-0.2, 0) is 19.4 Å². The SMILES string of the molecule is NC(=O)c1ccc(Oc2ccc3c(c2)CC(CNCc2ccccc2)C3)nc1. The first-order chi connectivity index (χ1) is 13.7. The zero-order valence-corrected chi connectivity index (χ0v) is 15.6. The molecule has 28 heavy (non-hydrogen) atoms. The highest BCUT2D eigenvalue weighted by molar-refractivity contribution is 5.92. The van der Waals surface area contributed by atoms with E-state index in [9.17, 15) is 4.79 Å². The largest absolute Gasteiger partial charge is 0.439 e. The topological polar surface area (TPSA) is 77.2 Å². The van der Waals surface area contributed by atoms with Crippen molar-refractivity contribution in [2.45, 2.75) is 19.4 Å². The number of benzene rings is 2. The van der Waals surface area contributed by atoms with Crippen LogP contribution in [0.1, 0.15) is 27.0 Å². The molecule has 1 atom stereocenters. The number of rotatable bonds is 7. The summed E-state index contributed by atoms with van der Waals surface area (Å²) in [5.41, 5.74) is 9.63. The number of aromatic nitrogens is 1. The Morgan fingerprint density at radius 3 is 2.64 bits per heavy atom. The fourth-order valence-corrected chi connectivity index (χ4v) is 3.62. The van der Waals surface area contributed by atoms with Crippen LogP contribution >= 0.6 is 0 Å². The lowest BCUT2D eigenvalue weighted by Gasteiger charge is -2.10. The first kappa shape index (κ1) is 18.2. The van der Waals surface area contributed by atoms with Crippen LogP contribution in [0.2, 0.25) is 0 Å². The van der Waals surface area contributed by atoms with Gasteiger partial charge in [-0.15, -0.1) is 0 Å². The molecule has 4 rings (SSSR count). The van der Waals surface area contributed by atoms with Crippen LogP contribution in [0.5, 0.6) is 11.6 Å². The number of carbonyl (C=O) groups excluding carboxylic acids is 1. The molecule has 1 unspecified atom stereocenters. The zero-order valence-electron chi connectivity index (χ0n) is 15.6. The fourth-order valence-electron chi connectivity index (χ4n) is 3.62. The number of nitrogens with one attached hydrogen (secondary N) is 1. The maximum Gasteiger partial charge on any atom is 0.250 e. The second-order valence-electron chi connectivity index (χ2n) is 7.17. The number of nitrogens with two attached hydrogens (primary N) is 1. The Labute approximate surface area is 164 Å². The molecule has 1 aromatic heterocycles. The molecule has 0 saturated heterocycles. The molecule has 1 aliphatic rings. The Kier molecular flexibility index (Phi) is 5.35. The molecule has 5 heteroatoms. The predicted molar refractivity (Wildman–Crippen MR) is 108 cm³/mol. The summed E-state index contributed by atoms with van der Waals surface area (Å²) in [7, 11) is 0. The molecule has 0 radical (unpaired) electrons. The van der Waals surface area contributed by atoms with Gasteiger partial charge < -0.3 is 15.8 Å². The van der Waals surface area contributed by atoms with Crippen molar-refractivity contribution in [2.24, 2.45) is 11.7 Å². The Bertz CT molecular complexity index is 955. The Balaban J connectivity index is 1.33. The number of hydrogen-bond acceptors (Lipinski definition) is 4. The molecule has 0 aliphatic heterocycles. The summed E-state index contributed by atoms with van der Waals surface area (Å²) >= 11 is 0. The van der Waals surface area contributed by atoms with Gasteiger partial charge in [0.25, 0.3) is 0 Å². The van der Waals surface area contributed by atoms with E-state index in [4.69, 9.17) is 10.5 Å². The standard InChI is InChI=1S/C23H23N3O2/c24-23(27)19-7-9-22(26-15-19)28-21-8-6-18-10-17(11-20(18)12-21)14-25-13-16-4-2-1-3-5-16/h1-9,12,15,17,25H,10-11,13-14H2,(H2,24,27). The first-order valence-corrected chi connectivity index (χ1v) is 9.47. The predicted octanol–water partition coefficient (Wildman–Crippen LogP) is 3.48. The second kappa shape index (κ2) is 8.23. The number of pyridine rings is 1. The summed E-state index contributed by atoms with van der Waals surface area (Å²) in [5.74, 6) is 1.31. The third-order valence-corrected chi connectivity index (χ3v) is 5.04. The van der Waals surface area contributed by atoms with Gasteiger partial charge >= 0.3 is 0 Å². The molecule has 3 N–H and O–H groups in total. The van der Waals surface area contributed by atoms with E-state index in [0.717, 1.165) is 31.7 Å². The molecule has 0 bridgehead atoms. The number of ether oxygens (including phenoxy) is 1. The quantitative estimate of drug-likeness (QED) is 0.665. The van der Waals surface area contributed by atoms with Gasteiger partial charge in [-0.05, 0) is 60.2 Å². The van der Waals surface area contributed by atoms with Crippen LogP contribution in [-0.4, -0.2) is 17.4 Å². The summed E-state index contributed by atoms with van der Waals surface area (Å²) in [5, 5.41) is 3.57. The number of primary amides is 1. The van der Waals surface area contributed by atoms with Crippen molar-refractivity contribution in [3.63, 3.8) is 0 Å². The van der Waals surface area contributed by atoms with Crippen molar-refractivity contribution in [3.8, 4) is 11.6 Å². The molecule has 1 aliphatic carbocycles. The average molecular weight is 373 g/mol. The minimum absolute atomic E-state index is 0.368. The summed E-state index contributed by atoms with van der Waals surface area (Å²) < 4.78 is 5.83. The van der Waals surface area contributed by atoms with Crippen LogP contribution in [0.15, 0.2) is 66.9 Å². The minimum Gasteiger partial charge on any atom is -0.439 e. The normalized spacial score (nSPS) is 15.2. The maximum absolute atomic E-state index is 11.1. The van der Waals surface area contributed by atoms with Crippen molar-refractivity contribution in [3.05, 3.63) is 89.1 Å². The lowest BCUT2D eigenvalue weighted by atomic mass is 10.1. The molecule has 5 nitrogen and oxygen atoms in total. The molecule has 3 aromatic rings. The molecular weight excluding hydrogens is 350 g/mol. The maximum atomic E-state index is 11.1. The van der Waals surface area contributed by atoms with E-state index in [1.165, 1.54) is 22.9 Å². The van der Waals surface area contributed by atoms with Gasteiger partial charge in [0.1, 0.15) is 5.75 Å². The van der Waals surface area contributed by atoms with Gasteiger partial charge in [0, 0.05) is 18.8 Å². The Morgan fingerprint density at radius 2 is 1.89 bits per heavy atom. The second-order valence-corrected chi connectivity index (χ2v) is 7.17. The zero-order chi connectivity index (χ0) is 19.3. The van der Waals surface area contributed by atoms with Crippen molar-refractivity contribution in [2.75, 3.05) is 6.54 Å². The fraction of sp³-hybridized carbons (Fsp3) is 0.217. The third kappa shape index (κ3) is 4.38. The van der Waals surface area contributed by atoms with E-state index in [1.54, 1.807) is 12.1 Å². The van der Waals surface area contributed by atoms with Gasteiger partial charge in [0.15, 0.2) is 0 Å². The summed E-state index contributed by atoms with van der Waals surface area (Å²) in [6.07, 6.45) is 3.56. The number of hydrogen-bond donors (Lipinski definition) is 2. The lowest BCUT2D eigenvalue weighted by molar-refractivity contribution is 0.1000. The summed E-state index contributed by atoms with van der Waals surface area (Å²) in [4.78, 5) is 15.3. The summed E-state index contributed by atoms with van der Waals surface area (Å²) in [6.45, 7) is 1.89. The van der Waals surface area contributed by atoms with E-state index < -0.39 is 5.91 Å². The van der Waals surface area contributed by atoms with Gasteiger partial charge in [-0.3, -0.25) is 4.79 Å². The van der Waals surface area contributed by atoms with Gasteiger partial charge in [-0.25, -0.2) is 4.98 Å². The van der Waals surface area contributed by atoms with Gasteiger partial charge in [-0.1, -0.05) is 36.4 Å². The van der Waals surface area contributed by atoms with E-state index in [-0.39, 0.29) is 0 Å². The number of fused-ring (bicyclic) bond motifs is 1.